The first-order valence-electron chi connectivity index (χ1n) is 11.4. The first-order chi connectivity index (χ1) is 16.0. The van der Waals surface area contributed by atoms with Crippen LogP contribution in [0.2, 0.25) is 0 Å². The van der Waals surface area contributed by atoms with E-state index in [0.29, 0.717) is 29.4 Å². The number of hydrogen-bond donors (Lipinski definition) is 1. The summed E-state index contributed by atoms with van der Waals surface area (Å²) in [6.45, 7) is 2.21. The maximum absolute atomic E-state index is 14.0. The van der Waals surface area contributed by atoms with Gasteiger partial charge in [0.2, 0.25) is 5.91 Å². The van der Waals surface area contributed by atoms with Gasteiger partial charge in [0.25, 0.3) is 5.91 Å². The fraction of sp³-hybridized carbons (Fsp3) is 0.385. The van der Waals surface area contributed by atoms with E-state index in [0.717, 1.165) is 36.6 Å². The van der Waals surface area contributed by atoms with E-state index >= 15 is 0 Å². The van der Waals surface area contributed by atoms with Gasteiger partial charge in [-0.1, -0.05) is 31.0 Å². The van der Waals surface area contributed by atoms with Gasteiger partial charge in [0.05, 0.1) is 20.8 Å². The van der Waals surface area contributed by atoms with Crippen LogP contribution in [0.3, 0.4) is 0 Å². The Morgan fingerprint density at radius 3 is 2.48 bits per heavy atom. The molecule has 1 aliphatic carbocycles. The number of fused-ring (bicyclic) bond motifs is 3. The summed E-state index contributed by atoms with van der Waals surface area (Å²) in [6, 6.07) is 15.3. The van der Waals surface area contributed by atoms with Crippen LogP contribution in [0.1, 0.15) is 43.1 Å². The summed E-state index contributed by atoms with van der Waals surface area (Å²) in [5.74, 6) is 0.721. The lowest BCUT2D eigenvalue weighted by molar-refractivity contribution is -0.127. The monoisotopic (exact) mass is 447 g/mol. The highest BCUT2D eigenvalue weighted by atomic mass is 16.5. The molecule has 1 unspecified atom stereocenters. The molecule has 2 amide bonds. The van der Waals surface area contributed by atoms with E-state index in [4.69, 9.17) is 9.47 Å². The van der Waals surface area contributed by atoms with Gasteiger partial charge in [-0.05, 0) is 44.0 Å². The molecule has 172 valence electrons. The van der Waals surface area contributed by atoms with Crippen LogP contribution >= 0.6 is 0 Å². The van der Waals surface area contributed by atoms with Crippen LogP contribution < -0.4 is 19.7 Å². The number of amides is 2. The lowest BCUT2D eigenvalue weighted by atomic mass is 9.93. The summed E-state index contributed by atoms with van der Waals surface area (Å²) in [7, 11) is 3.13. The molecule has 0 bridgehead atoms. The number of carbonyl (C=O) groups excluding carboxylic acids is 2. The maximum atomic E-state index is 14.0. The quantitative estimate of drug-likeness (QED) is 0.638. The number of nitrogens with zero attached hydrogens (tertiary/aromatic N) is 2. The first kappa shape index (κ1) is 21.4. The molecule has 3 aromatic rings. The molecule has 7 heteroatoms. The van der Waals surface area contributed by atoms with Crippen LogP contribution in [0.25, 0.3) is 10.9 Å². The number of carbonyl (C=O) groups is 2. The first-order valence-corrected chi connectivity index (χ1v) is 11.4. The topological polar surface area (TPSA) is 72.8 Å². The number of anilines is 1. The minimum atomic E-state index is -1.12. The molecule has 33 heavy (non-hydrogen) atoms. The molecule has 7 nitrogen and oxygen atoms in total. The average Bonchev–Trinajstić information content (AvgIpc) is 3.47. The smallest absolute Gasteiger partial charge is 0.275 e. The summed E-state index contributed by atoms with van der Waals surface area (Å²) >= 11 is 0. The number of aromatic nitrogens is 1. The third kappa shape index (κ3) is 3.43. The number of para-hydroxylation sites is 1. The molecule has 0 spiro atoms. The Balaban J connectivity index is 1.65. The Labute approximate surface area is 193 Å². The Hall–Kier alpha value is -3.48. The van der Waals surface area contributed by atoms with E-state index in [1.165, 1.54) is 0 Å². The molecule has 0 radical (unpaired) electrons. The van der Waals surface area contributed by atoms with Crippen LogP contribution in [0.4, 0.5) is 5.69 Å². The summed E-state index contributed by atoms with van der Waals surface area (Å²) < 4.78 is 12.8. The second-order valence-electron chi connectivity index (χ2n) is 9.08. The number of hydrogen-bond acceptors (Lipinski definition) is 4. The van der Waals surface area contributed by atoms with Crippen LogP contribution in [0.5, 0.6) is 11.5 Å². The minimum Gasteiger partial charge on any atom is -0.493 e. The fourth-order valence-electron chi connectivity index (χ4n) is 5.23. The van der Waals surface area contributed by atoms with E-state index < -0.39 is 5.54 Å². The van der Waals surface area contributed by atoms with Crippen LogP contribution in [0, 0.1) is 0 Å². The van der Waals surface area contributed by atoms with Crippen molar-refractivity contribution >= 4 is 28.4 Å². The number of methoxy groups -OCH3 is 2. The van der Waals surface area contributed by atoms with Crippen LogP contribution in [0.15, 0.2) is 48.5 Å². The van der Waals surface area contributed by atoms with Gasteiger partial charge in [-0.2, -0.15) is 0 Å². The molecule has 1 saturated carbocycles. The van der Waals surface area contributed by atoms with Crippen molar-refractivity contribution < 1.29 is 19.1 Å². The number of benzene rings is 2. The van der Waals surface area contributed by atoms with Gasteiger partial charge in [0.1, 0.15) is 11.2 Å². The molecule has 2 aromatic carbocycles. The maximum Gasteiger partial charge on any atom is 0.275 e. The number of nitrogens with one attached hydrogen (secondary N) is 1. The largest absolute Gasteiger partial charge is 0.493 e. The molecular formula is C26H29N3O4. The van der Waals surface area contributed by atoms with Gasteiger partial charge in [0.15, 0.2) is 11.5 Å². The van der Waals surface area contributed by atoms with E-state index in [9.17, 15) is 9.59 Å². The lowest BCUT2D eigenvalue weighted by Crippen LogP contribution is -2.65. The molecule has 0 saturated heterocycles. The van der Waals surface area contributed by atoms with Gasteiger partial charge in [-0.25, -0.2) is 0 Å². The van der Waals surface area contributed by atoms with E-state index in [-0.39, 0.29) is 17.9 Å². The van der Waals surface area contributed by atoms with Gasteiger partial charge < -0.3 is 19.4 Å². The predicted octanol–water partition coefficient (Wildman–Crippen LogP) is 4.14. The zero-order valence-corrected chi connectivity index (χ0v) is 19.3. The van der Waals surface area contributed by atoms with Crippen molar-refractivity contribution in [2.75, 3.05) is 19.1 Å². The SMILES string of the molecule is COc1ccc(N2C(=O)c3cc4ccccc4n3CC2(C)C(=O)NC2CCCC2)cc1OC. The molecule has 1 aliphatic heterocycles. The van der Waals surface area contributed by atoms with Crippen molar-refractivity contribution in [1.29, 1.82) is 0 Å². The van der Waals surface area contributed by atoms with Crippen molar-refractivity contribution in [3.63, 3.8) is 0 Å². The minimum absolute atomic E-state index is 0.138. The highest BCUT2D eigenvalue weighted by molar-refractivity contribution is 6.14. The van der Waals surface area contributed by atoms with Crippen LogP contribution in [-0.2, 0) is 11.3 Å². The summed E-state index contributed by atoms with van der Waals surface area (Å²) in [6.07, 6.45) is 4.19. The summed E-state index contributed by atoms with van der Waals surface area (Å²) in [5.41, 5.74) is 0.997. The summed E-state index contributed by atoms with van der Waals surface area (Å²) in [4.78, 5) is 29.3. The molecule has 2 heterocycles. The van der Waals surface area contributed by atoms with Crippen molar-refractivity contribution in [1.82, 2.24) is 9.88 Å². The summed E-state index contributed by atoms with van der Waals surface area (Å²) in [5, 5.41) is 4.21. The van der Waals surface area contributed by atoms with E-state index in [2.05, 4.69) is 5.32 Å². The number of rotatable bonds is 5. The normalized spacial score (nSPS) is 20.7. The third-order valence-electron chi connectivity index (χ3n) is 7.00. The second kappa shape index (κ2) is 8.14. The van der Waals surface area contributed by atoms with Gasteiger partial charge in [-0.3, -0.25) is 14.5 Å². The molecule has 1 atom stereocenters. The Bertz CT molecular complexity index is 1230. The van der Waals surface area contributed by atoms with Crippen molar-refractivity contribution in [2.24, 2.45) is 0 Å². The molecule has 2 aliphatic rings. The van der Waals surface area contributed by atoms with E-state index in [1.54, 1.807) is 37.3 Å². The number of ether oxygens (including phenoxy) is 2. The Morgan fingerprint density at radius 2 is 1.76 bits per heavy atom. The van der Waals surface area contributed by atoms with Crippen molar-refractivity contribution in [2.45, 2.75) is 50.7 Å². The molecular weight excluding hydrogens is 418 g/mol. The predicted molar refractivity (Wildman–Crippen MR) is 127 cm³/mol. The fourth-order valence-corrected chi connectivity index (χ4v) is 5.23. The van der Waals surface area contributed by atoms with E-state index in [1.807, 2.05) is 41.8 Å². The highest BCUT2D eigenvalue weighted by Crippen LogP contribution is 2.39. The van der Waals surface area contributed by atoms with Crippen LogP contribution in [-0.4, -0.2) is 42.2 Å². The van der Waals surface area contributed by atoms with Gasteiger partial charge in [-0.15, -0.1) is 0 Å². The highest BCUT2D eigenvalue weighted by Gasteiger charge is 2.49. The average molecular weight is 448 g/mol. The zero-order valence-electron chi connectivity index (χ0n) is 19.3. The Morgan fingerprint density at radius 1 is 1.03 bits per heavy atom. The second-order valence-corrected chi connectivity index (χ2v) is 9.08. The van der Waals surface area contributed by atoms with Crippen molar-refractivity contribution in [3.8, 4) is 11.5 Å². The van der Waals surface area contributed by atoms with Gasteiger partial charge in [0, 0.05) is 28.7 Å². The molecule has 5 rings (SSSR count). The molecule has 1 aromatic heterocycles. The standard InChI is InChI=1S/C26H29N3O4/c1-26(25(31)27-18-9-5-6-10-18)16-28-20-11-7-4-8-17(20)14-21(28)24(30)29(26)19-12-13-22(32-2)23(15-19)33-3/h4,7-8,11-15,18H,5-6,9-10,16H2,1-3H3,(H,27,31). The lowest BCUT2D eigenvalue weighted by Gasteiger charge is -2.44. The van der Waals surface area contributed by atoms with Gasteiger partial charge >= 0.3 is 0 Å². The molecule has 1 fully saturated rings. The Kier molecular flexibility index (Phi) is 5.27. The van der Waals surface area contributed by atoms with Crippen molar-refractivity contribution in [3.05, 3.63) is 54.2 Å². The zero-order chi connectivity index (χ0) is 23.2. The molecule has 1 N–H and O–H groups in total. The third-order valence-corrected chi connectivity index (χ3v) is 7.00.